The third kappa shape index (κ3) is 3.27. The standard InChI is InChI=1S/C22H20N4O3/c1-12-5-8-15(9-6-12)26-20-16(11-23-26)19(27)18(22(29)25-20)21(28)24-17-10-13(2)4-7-14(17)3/h4-11H,1-3H3,(H,24,28)(H2,25,27,29). The Morgan fingerprint density at radius 2 is 1.76 bits per heavy atom. The van der Waals surface area contributed by atoms with Crippen LogP contribution >= 0.6 is 0 Å². The molecule has 3 N–H and O–H groups in total. The number of nitrogens with zero attached hydrogens (tertiary/aromatic N) is 2. The van der Waals surface area contributed by atoms with Gasteiger partial charge in [-0.05, 0) is 50.1 Å². The summed E-state index contributed by atoms with van der Waals surface area (Å²) < 4.78 is 1.52. The summed E-state index contributed by atoms with van der Waals surface area (Å²) >= 11 is 0. The molecule has 0 saturated heterocycles. The topological polar surface area (TPSA) is 100 Å². The van der Waals surface area contributed by atoms with Crippen LogP contribution in [0.2, 0.25) is 0 Å². The summed E-state index contributed by atoms with van der Waals surface area (Å²) in [6, 6.07) is 13.2. The molecular weight excluding hydrogens is 368 g/mol. The van der Waals surface area contributed by atoms with Gasteiger partial charge in [0.2, 0.25) is 0 Å². The summed E-state index contributed by atoms with van der Waals surface area (Å²) in [6.07, 6.45) is 1.43. The van der Waals surface area contributed by atoms with E-state index < -0.39 is 17.2 Å². The SMILES string of the molecule is Cc1ccc(-n2ncc3c(O)c(C(=O)Nc4cc(C)ccc4C)c(=O)[nH]c32)cc1. The Morgan fingerprint density at radius 1 is 1.07 bits per heavy atom. The van der Waals surface area contributed by atoms with E-state index in [2.05, 4.69) is 15.4 Å². The highest BCUT2D eigenvalue weighted by Crippen LogP contribution is 2.27. The second kappa shape index (κ2) is 6.94. The lowest BCUT2D eigenvalue weighted by molar-refractivity contribution is 0.102. The van der Waals surface area contributed by atoms with Crippen LogP contribution in [-0.4, -0.2) is 25.8 Å². The molecule has 0 fully saturated rings. The van der Waals surface area contributed by atoms with Crippen LogP contribution in [0.5, 0.6) is 5.75 Å². The molecule has 4 rings (SSSR count). The number of aryl methyl sites for hydroxylation is 3. The van der Waals surface area contributed by atoms with E-state index in [-0.39, 0.29) is 10.9 Å². The molecule has 0 aliphatic rings. The van der Waals surface area contributed by atoms with Crippen LogP contribution in [0, 0.1) is 20.8 Å². The molecule has 29 heavy (non-hydrogen) atoms. The van der Waals surface area contributed by atoms with Gasteiger partial charge in [-0.1, -0.05) is 29.8 Å². The summed E-state index contributed by atoms with van der Waals surface area (Å²) in [5.74, 6) is -1.08. The molecule has 7 heteroatoms. The van der Waals surface area contributed by atoms with Crippen molar-refractivity contribution in [2.24, 2.45) is 0 Å². The minimum absolute atomic E-state index is 0.288. The maximum absolute atomic E-state index is 12.8. The van der Waals surface area contributed by atoms with Crippen molar-refractivity contribution in [3.05, 3.63) is 81.3 Å². The minimum atomic E-state index is -0.688. The minimum Gasteiger partial charge on any atom is -0.506 e. The predicted molar refractivity (Wildman–Crippen MR) is 112 cm³/mol. The second-order valence-corrected chi connectivity index (χ2v) is 7.10. The number of carbonyl (C=O) groups is 1. The first-order valence-corrected chi connectivity index (χ1v) is 9.14. The molecule has 0 aliphatic carbocycles. The van der Waals surface area contributed by atoms with E-state index in [4.69, 9.17) is 0 Å². The van der Waals surface area contributed by atoms with Gasteiger partial charge in [-0.25, -0.2) is 4.68 Å². The number of nitrogens with one attached hydrogen (secondary N) is 2. The van der Waals surface area contributed by atoms with Gasteiger partial charge in [-0.2, -0.15) is 5.10 Å². The van der Waals surface area contributed by atoms with Crippen molar-refractivity contribution in [1.82, 2.24) is 14.8 Å². The molecule has 0 saturated carbocycles. The van der Waals surface area contributed by atoms with Gasteiger partial charge in [-0.3, -0.25) is 9.59 Å². The normalized spacial score (nSPS) is 11.0. The summed E-state index contributed by atoms with van der Waals surface area (Å²) in [4.78, 5) is 28.1. The number of fused-ring (bicyclic) bond motifs is 1. The number of anilines is 1. The molecule has 2 aromatic heterocycles. The summed E-state index contributed by atoms with van der Waals surface area (Å²) in [5, 5.41) is 17.9. The number of aromatic hydroxyl groups is 1. The van der Waals surface area contributed by atoms with Crippen LogP contribution in [0.1, 0.15) is 27.0 Å². The molecule has 0 unspecified atom stereocenters. The fraction of sp³-hybridized carbons (Fsp3) is 0.136. The quantitative estimate of drug-likeness (QED) is 0.499. The number of benzene rings is 2. The van der Waals surface area contributed by atoms with Gasteiger partial charge in [0.1, 0.15) is 17.0 Å². The molecule has 0 radical (unpaired) electrons. The van der Waals surface area contributed by atoms with Crippen LogP contribution in [0.15, 0.2) is 53.5 Å². The molecule has 1 amide bonds. The Hall–Kier alpha value is -3.87. The Balaban J connectivity index is 1.78. The first kappa shape index (κ1) is 18.5. The molecule has 0 bridgehead atoms. The number of H-pyrrole nitrogens is 1. The van der Waals surface area contributed by atoms with Crippen LogP contribution in [0.25, 0.3) is 16.7 Å². The lowest BCUT2D eigenvalue weighted by atomic mass is 10.1. The molecule has 2 aromatic carbocycles. The van der Waals surface area contributed by atoms with Gasteiger partial charge >= 0.3 is 0 Å². The Labute approximate surface area is 166 Å². The Kier molecular flexibility index (Phi) is 4.43. The average Bonchev–Trinajstić information content (AvgIpc) is 3.09. The summed E-state index contributed by atoms with van der Waals surface area (Å²) in [5.41, 5.74) is 3.52. The van der Waals surface area contributed by atoms with Crippen molar-refractivity contribution < 1.29 is 9.90 Å². The number of aromatic nitrogens is 3. The van der Waals surface area contributed by atoms with E-state index in [0.29, 0.717) is 11.3 Å². The van der Waals surface area contributed by atoms with Crippen molar-refractivity contribution in [1.29, 1.82) is 0 Å². The van der Waals surface area contributed by atoms with Gasteiger partial charge in [0.05, 0.1) is 17.3 Å². The molecule has 0 atom stereocenters. The third-order valence-electron chi connectivity index (χ3n) is 4.87. The lowest BCUT2D eigenvalue weighted by Crippen LogP contribution is -2.24. The predicted octanol–water partition coefficient (Wildman–Crippen LogP) is 3.60. The number of carbonyl (C=O) groups excluding carboxylic acids is 1. The zero-order valence-corrected chi connectivity index (χ0v) is 16.3. The van der Waals surface area contributed by atoms with E-state index in [1.807, 2.05) is 63.2 Å². The Bertz CT molecular complexity index is 1300. The average molecular weight is 388 g/mol. The highest BCUT2D eigenvalue weighted by atomic mass is 16.3. The van der Waals surface area contributed by atoms with Crippen LogP contribution in [0.4, 0.5) is 5.69 Å². The van der Waals surface area contributed by atoms with Crippen LogP contribution in [0.3, 0.4) is 0 Å². The zero-order chi connectivity index (χ0) is 20.7. The lowest BCUT2D eigenvalue weighted by Gasteiger charge is -2.10. The fourth-order valence-electron chi connectivity index (χ4n) is 3.20. The summed E-state index contributed by atoms with van der Waals surface area (Å²) in [6.45, 7) is 5.73. The van der Waals surface area contributed by atoms with E-state index in [1.165, 1.54) is 10.9 Å². The highest BCUT2D eigenvalue weighted by molar-refractivity contribution is 6.09. The molecule has 7 nitrogen and oxygen atoms in total. The number of rotatable bonds is 3. The largest absolute Gasteiger partial charge is 0.506 e. The first-order chi connectivity index (χ1) is 13.8. The van der Waals surface area contributed by atoms with Gasteiger partial charge in [-0.15, -0.1) is 0 Å². The van der Waals surface area contributed by atoms with Crippen molar-refractivity contribution >= 4 is 22.6 Å². The van der Waals surface area contributed by atoms with E-state index >= 15 is 0 Å². The van der Waals surface area contributed by atoms with E-state index in [1.54, 1.807) is 0 Å². The maximum atomic E-state index is 12.8. The van der Waals surface area contributed by atoms with Crippen molar-refractivity contribution in [2.75, 3.05) is 5.32 Å². The molecule has 146 valence electrons. The molecule has 2 heterocycles. The Morgan fingerprint density at radius 3 is 2.48 bits per heavy atom. The molecular formula is C22H20N4O3. The van der Waals surface area contributed by atoms with Gasteiger partial charge in [0, 0.05) is 5.69 Å². The molecule has 0 spiro atoms. The van der Waals surface area contributed by atoms with Gasteiger partial charge < -0.3 is 15.4 Å². The highest BCUT2D eigenvalue weighted by Gasteiger charge is 2.22. The summed E-state index contributed by atoms with van der Waals surface area (Å²) in [7, 11) is 0. The van der Waals surface area contributed by atoms with Crippen molar-refractivity contribution in [2.45, 2.75) is 20.8 Å². The number of hydrogen-bond donors (Lipinski definition) is 3. The molecule has 0 aliphatic heterocycles. The second-order valence-electron chi connectivity index (χ2n) is 7.10. The van der Waals surface area contributed by atoms with E-state index in [0.717, 1.165) is 22.4 Å². The number of aromatic amines is 1. The van der Waals surface area contributed by atoms with Crippen LogP contribution in [-0.2, 0) is 0 Å². The number of pyridine rings is 1. The molecule has 4 aromatic rings. The van der Waals surface area contributed by atoms with Crippen molar-refractivity contribution in [3.63, 3.8) is 0 Å². The maximum Gasteiger partial charge on any atom is 0.266 e. The zero-order valence-electron chi connectivity index (χ0n) is 16.3. The third-order valence-corrected chi connectivity index (χ3v) is 4.87. The van der Waals surface area contributed by atoms with Crippen molar-refractivity contribution in [3.8, 4) is 11.4 Å². The fourth-order valence-corrected chi connectivity index (χ4v) is 3.20. The van der Waals surface area contributed by atoms with Crippen LogP contribution < -0.4 is 10.9 Å². The van der Waals surface area contributed by atoms with Gasteiger partial charge in [0.25, 0.3) is 11.5 Å². The van der Waals surface area contributed by atoms with E-state index in [9.17, 15) is 14.7 Å². The monoisotopic (exact) mass is 388 g/mol. The number of amides is 1. The van der Waals surface area contributed by atoms with Gasteiger partial charge in [0.15, 0.2) is 0 Å². The number of hydrogen-bond acceptors (Lipinski definition) is 4. The first-order valence-electron chi connectivity index (χ1n) is 9.14. The smallest absolute Gasteiger partial charge is 0.266 e.